The van der Waals surface area contributed by atoms with Gasteiger partial charge in [0.15, 0.2) is 11.5 Å². The molecule has 0 bridgehead atoms. The lowest BCUT2D eigenvalue weighted by atomic mass is 10.1. The Kier molecular flexibility index (Phi) is 3.89. The lowest BCUT2D eigenvalue weighted by Gasteiger charge is -2.09. The number of fused-ring (bicyclic) bond motifs is 1. The van der Waals surface area contributed by atoms with Crippen LogP contribution in [-0.2, 0) is 20.9 Å². The molecule has 0 saturated carbocycles. The van der Waals surface area contributed by atoms with Crippen molar-refractivity contribution in [3.63, 3.8) is 0 Å². The molecule has 6 nitrogen and oxygen atoms in total. The number of carbonyl (C=O) groups is 2. The van der Waals surface area contributed by atoms with E-state index in [9.17, 15) is 9.59 Å². The van der Waals surface area contributed by atoms with Crippen LogP contribution in [0.4, 0.5) is 0 Å². The Labute approximate surface area is 110 Å². The monoisotopic (exact) mass is 265 g/mol. The van der Waals surface area contributed by atoms with Crippen LogP contribution in [0.2, 0.25) is 0 Å². The number of hydrogen-bond donors (Lipinski definition) is 1. The average Bonchev–Trinajstić information content (AvgIpc) is 2.82. The zero-order valence-corrected chi connectivity index (χ0v) is 10.8. The molecule has 1 aromatic carbocycles. The van der Waals surface area contributed by atoms with Crippen molar-refractivity contribution in [3.8, 4) is 11.5 Å². The van der Waals surface area contributed by atoms with E-state index in [1.165, 1.54) is 7.11 Å². The zero-order valence-electron chi connectivity index (χ0n) is 10.8. The largest absolute Gasteiger partial charge is 0.469 e. The minimum Gasteiger partial charge on any atom is -0.469 e. The summed E-state index contributed by atoms with van der Waals surface area (Å²) in [5.41, 5.74) is 1.91. The van der Waals surface area contributed by atoms with Gasteiger partial charge in [0.1, 0.15) is 6.42 Å². The van der Waals surface area contributed by atoms with Gasteiger partial charge in [0.2, 0.25) is 12.7 Å². The van der Waals surface area contributed by atoms with Gasteiger partial charge in [-0.1, -0.05) is 0 Å². The summed E-state index contributed by atoms with van der Waals surface area (Å²) in [6.45, 7) is 2.47. The van der Waals surface area contributed by atoms with Gasteiger partial charge < -0.3 is 19.5 Å². The van der Waals surface area contributed by atoms with Crippen LogP contribution >= 0.6 is 0 Å². The Balaban J connectivity index is 1.96. The molecule has 1 aromatic rings. The summed E-state index contributed by atoms with van der Waals surface area (Å²) in [5, 5.41) is 2.66. The molecule has 1 aliphatic heterocycles. The van der Waals surface area contributed by atoms with Crippen molar-refractivity contribution in [1.82, 2.24) is 5.32 Å². The molecule has 0 aliphatic carbocycles. The minimum atomic E-state index is -0.556. The molecule has 0 unspecified atom stereocenters. The van der Waals surface area contributed by atoms with Crippen LogP contribution in [0.5, 0.6) is 11.5 Å². The van der Waals surface area contributed by atoms with E-state index in [0.717, 1.165) is 11.1 Å². The molecular weight excluding hydrogens is 250 g/mol. The van der Waals surface area contributed by atoms with Crippen LogP contribution in [0.3, 0.4) is 0 Å². The minimum absolute atomic E-state index is 0.215. The molecule has 0 saturated heterocycles. The second kappa shape index (κ2) is 5.60. The van der Waals surface area contributed by atoms with Crippen LogP contribution in [0, 0.1) is 6.92 Å². The van der Waals surface area contributed by atoms with E-state index < -0.39 is 5.97 Å². The summed E-state index contributed by atoms with van der Waals surface area (Å²) in [6, 6.07) is 3.69. The summed E-state index contributed by atoms with van der Waals surface area (Å²) in [4.78, 5) is 22.4. The number of benzene rings is 1. The maximum Gasteiger partial charge on any atom is 0.315 e. The number of methoxy groups -OCH3 is 1. The number of amides is 1. The highest BCUT2D eigenvalue weighted by molar-refractivity contribution is 5.94. The van der Waals surface area contributed by atoms with Crippen LogP contribution in [0.15, 0.2) is 12.1 Å². The molecule has 0 fully saturated rings. The van der Waals surface area contributed by atoms with Crippen molar-refractivity contribution >= 4 is 11.9 Å². The topological polar surface area (TPSA) is 73.9 Å². The average molecular weight is 265 g/mol. The summed E-state index contributed by atoms with van der Waals surface area (Å²) in [7, 11) is 1.25. The van der Waals surface area contributed by atoms with Gasteiger partial charge in [-0.2, -0.15) is 0 Å². The Hall–Kier alpha value is -2.24. The van der Waals surface area contributed by atoms with Crippen molar-refractivity contribution in [2.75, 3.05) is 13.9 Å². The number of ether oxygens (including phenoxy) is 3. The van der Waals surface area contributed by atoms with E-state index in [2.05, 4.69) is 10.1 Å². The molecule has 1 heterocycles. The number of rotatable bonds is 4. The Bertz CT molecular complexity index is 512. The van der Waals surface area contributed by atoms with E-state index >= 15 is 0 Å². The second-order valence-electron chi connectivity index (χ2n) is 4.16. The van der Waals surface area contributed by atoms with E-state index in [1.807, 2.05) is 19.1 Å². The van der Waals surface area contributed by atoms with Gasteiger partial charge in [-0.15, -0.1) is 0 Å². The molecule has 0 atom stereocenters. The van der Waals surface area contributed by atoms with Gasteiger partial charge >= 0.3 is 5.97 Å². The van der Waals surface area contributed by atoms with Gasteiger partial charge in [0.25, 0.3) is 0 Å². The third-order valence-electron chi connectivity index (χ3n) is 2.84. The van der Waals surface area contributed by atoms with Crippen LogP contribution in [0.25, 0.3) is 0 Å². The molecule has 2 rings (SSSR count). The fraction of sp³-hybridized carbons (Fsp3) is 0.385. The predicted octanol–water partition coefficient (Wildman–Crippen LogP) is 0.903. The first-order valence-corrected chi connectivity index (χ1v) is 5.83. The summed E-state index contributed by atoms with van der Waals surface area (Å²) in [5.74, 6) is 0.453. The maximum atomic E-state index is 11.5. The van der Waals surface area contributed by atoms with Gasteiger partial charge in [-0.05, 0) is 30.2 Å². The SMILES string of the molecule is COC(=O)CC(=O)NCc1cc2c(cc1C)OCO2. The zero-order chi connectivity index (χ0) is 13.8. The third-order valence-corrected chi connectivity index (χ3v) is 2.84. The smallest absolute Gasteiger partial charge is 0.315 e. The number of nitrogens with one attached hydrogen (secondary N) is 1. The van der Waals surface area contributed by atoms with Gasteiger partial charge in [0.05, 0.1) is 7.11 Å². The first kappa shape index (κ1) is 13.2. The maximum absolute atomic E-state index is 11.5. The first-order valence-electron chi connectivity index (χ1n) is 5.83. The van der Waals surface area contributed by atoms with Crippen LogP contribution < -0.4 is 14.8 Å². The fourth-order valence-electron chi connectivity index (χ4n) is 1.74. The summed E-state index contributed by atoms with van der Waals surface area (Å²) >= 11 is 0. The normalized spacial score (nSPS) is 12.1. The quantitative estimate of drug-likeness (QED) is 0.647. The van der Waals surface area contributed by atoms with Crippen LogP contribution in [-0.4, -0.2) is 25.8 Å². The third kappa shape index (κ3) is 3.15. The highest BCUT2D eigenvalue weighted by Crippen LogP contribution is 2.34. The Morgan fingerprint density at radius 1 is 1.32 bits per heavy atom. The second-order valence-corrected chi connectivity index (χ2v) is 4.16. The molecular formula is C13H15NO5. The molecule has 1 aliphatic rings. The van der Waals surface area contributed by atoms with Gasteiger partial charge in [-0.3, -0.25) is 9.59 Å². The predicted molar refractivity (Wildman–Crippen MR) is 65.8 cm³/mol. The van der Waals surface area contributed by atoms with Crippen molar-refractivity contribution < 1.29 is 23.8 Å². The molecule has 1 N–H and O–H groups in total. The molecule has 19 heavy (non-hydrogen) atoms. The fourth-order valence-corrected chi connectivity index (χ4v) is 1.74. The molecule has 0 radical (unpaired) electrons. The van der Waals surface area contributed by atoms with E-state index in [0.29, 0.717) is 18.0 Å². The van der Waals surface area contributed by atoms with Gasteiger partial charge in [0, 0.05) is 6.54 Å². The van der Waals surface area contributed by atoms with Crippen molar-refractivity contribution in [1.29, 1.82) is 0 Å². The number of carbonyl (C=O) groups excluding carboxylic acids is 2. The molecule has 6 heteroatoms. The highest BCUT2D eigenvalue weighted by atomic mass is 16.7. The standard InChI is InChI=1S/C13H15NO5/c1-8-3-10-11(19-7-18-10)4-9(8)6-14-12(15)5-13(16)17-2/h3-4H,5-7H2,1-2H3,(H,14,15). The van der Waals surface area contributed by atoms with Crippen molar-refractivity contribution in [3.05, 3.63) is 23.3 Å². The summed E-state index contributed by atoms with van der Waals surface area (Å²) in [6.07, 6.45) is -0.278. The van der Waals surface area contributed by atoms with Crippen molar-refractivity contribution in [2.45, 2.75) is 19.9 Å². The molecule has 0 spiro atoms. The van der Waals surface area contributed by atoms with Crippen LogP contribution in [0.1, 0.15) is 17.5 Å². The van der Waals surface area contributed by atoms with E-state index in [4.69, 9.17) is 9.47 Å². The lowest BCUT2D eigenvalue weighted by molar-refractivity contribution is -0.143. The molecule has 102 valence electrons. The molecule has 1 amide bonds. The number of esters is 1. The number of aryl methyl sites for hydroxylation is 1. The number of hydrogen-bond acceptors (Lipinski definition) is 5. The van der Waals surface area contributed by atoms with Crippen molar-refractivity contribution in [2.24, 2.45) is 0 Å². The highest BCUT2D eigenvalue weighted by Gasteiger charge is 2.16. The molecule has 0 aromatic heterocycles. The van der Waals surface area contributed by atoms with Gasteiger partial charge in [-0.25, -0.2) is 0 Å². The summed E-state index contributed by atoms with van der Waals surface area (Å²) < 4.78 is 15.0. The lowest BCUT2D eigenvalue weighted by Crippen LogP contribution is -2.25. The Morgan fingerprint density at radius 2 is 2.00 bits per heavy atom. The van der Waals surface area contributed by atoms with E-state index in [-0.39, 0.29) is 19.1 Å². The van der Waals surface area contributed by atoms with E-state index in [1.54, 1.807) is 0 Å². The first-order chi connectivity index (χ1) is 9.10. The Morgan fingerprint density at radius 3 is 2.68 bits per heavy atom.